The Kier molecular flexibility index (Phi) is 5.12. The Morgan fingerprint density at radius 1 is 1.11 bits per heavy atom. The molecule has 1 aliphatic rings. The van der Waals surface area contributed by atoms with Crippen molar-refractivity contribution in [3.63, 3.8) is 0 Å². The second kappa shape index (κ2) is 7.70. The van der Waals surface area contributed by atoms with E-state index in [1.54, 1.807) is 11.6 Å². The van der Waals surface area contributed by atoms with Crippen molar-refractivity contribution < 1.29 is 4.52 Å². The molecule has 0 atom stereocenters. The lowest BCUT2D eigenvalue weighted by Crippen LogP contribution is -2.37. The maximum Gasteiger partial charge on any atom is 0.332 e. The van der Waals surface area contributed by atoms with Crippen molar-refractivity contribution in [2.24, 2.45) is 14.1 Å². The minimum absolute atomic E-state index is 0.263. The average Bonchev–Trinajstić information content (AvgIpc) is 3.33. The van der Waals surface area contributed by atoms with Crippen molar-refractivity contribution in [3.8, 4) is 0 Å². The van der Waals surface area contributed by atoms with Gasteiger partial charge >= 0.3 is 5.69 Å². The van der Waals surface area contributed by atoms with Crippen LogP contribution in [0.3, 0.4) is 0 Å². The molecule has 28 heavy (non-hydrogen) atoms. The largest absolute Gasteiger partial charge is 0.339 e. The van der Waals surface area contributed by atoms with Gasteiger partial charge in [-0.15, -0.1) is 0 Å². The van der Waals surface area contributed by atoms with Crippen molar-refractivity contribution in [3.05, 3.63) is 38.9 Å². The summed E-state index contributed by atoms with van der Waals surface area (Å²) in [5.41, 5.74) is -0.0986. The molecule has 0 N–H and O–H groups in total. The van der Waals surface area contributed by atoms with E-state index in [4.69, 9.17) is 4.52 Å². The number of aryl methyl sites for hydroxylation is 2. The van der Waals surface area contributed by atoms with E-state index in [0.717, 1.165) is 24.0 Å². The predicted octanol–water partition coefficient (Wildman–Crippen LogP) is 0.284. The van der Waals surface area contributed by atoms with Gasteiger partial charge in [0.2, 0.25) is 5.89 Å². The average molecular weight is 387 g/mol. The molecule has 4 heterocycles. The molecule has 3 aromatic rings. The SMILES string of the molecule is Cn1c(=O)c2c(ncn2Cc2noc(CCCN3CCCCC3)n2)n(C)c1=O. The zero-order chi connectivity index (χ0) is 19.7. The molecule has 0 spiro atoms. The van der Waals surface area contributed by atoms with Gasteiger partial charge in [0.25, 0.3) is 5.56 Å². The fourth-order valence-electron chi connectivity index (χ4n) is 3.76. The summed E-state index contributed by atoms with van der Waals surface area (Å²) in [7, 11) is 3.05. The smallest absolute Gasteiger partial charge is 0.332 e. The van der Waals surface area contributed by atoms with Crippen molar-refractivity contribution in [1.29, 1.82) is 0 Å². The summed E-state index contributed by atoms with van der Waals surface area (Å²) in [6.45, 7) is 3.67. The topological polar surface area (TPSA) is 104 Å². The van der Waals surface area contributed by atoms with E-state index in [9.17, 15) is 9.59 Å². The summed E-state index contributed by atoms with van der Waals surface area (Å²) in [6.07, 6.45) is 7.16. The van der Waals surface area contributed by atoms with Crippen LogP contribution in [0.1, 0.15) is 37.4 Å². The van der Waals surface area contributed by atoms with Gasteiger partial charge in [-0.05, 0) is 38.9 Å². The van der Waals surface area contributed by atoms with E-state index in [-0.39, 0.29) is 12.1 Å². The van der Waals surface area contributed by atoms with Crippen molar-refractivity contribution in [2.45, 2.75) is 38.6 Å². The molecule has 0 saturated carbocycles. The van der Waals surface area contributed by atoms with Crippen LogP contribution in [-0.2, 0) is 27.1 Å². The van der Waals surface area contributed by atoms with Crippen LogP contribution in [0.5, 0.6) is 0 Å². The minimum Gasteiger partial charge on any atom is -0.339 e. The van der Waals surface area contributed by atoms with Crippen LogP contribution in [0.2, 0.25) is 0 Å². The fraction of sp³-hybridized carbons (Fsp3) is 0.611. The third kappa shape index (κ3) is 3.51. The Bertz CT molecular complexity index is 1080. The number of nitrogens with zero attached hydrogens (tertiary/aromatic N) is 7. The van der Waals surface area contributed by atoms with Gasteiger partial charge in [0, 0.05) is 20.5 Å². The number of likely N-dealkylation sites (tertiary alicyclic amines) is 1. The third-order valence-electron chi connectivity index (χ3n) is 5.35. The number of imidazole rings is 1. The molecule has 0 unspecified atom stereocenters. The molecule has 4 rings (SSSR count). The first-order chi connectivity index (χ1) is 13.5. The monoisotopic (exact) mass is 387 g/mol. The standard InChI is InChI=1S/C18H25N7O3/c1-22-16-15(17(26)23(2)18(22)27)25(12-19-16)11-13-20-14(28-21-13)7-6-10-24-8-4-3-5-9-24/h12H,3-11H2,1-2H3. The van der Waals surface area contributed by atoms with Crippen LogP contribution < -0.4 is 11.2 Å². The second-order valence-electron chi connectivity index (χ2n) is 7.36. The molecule has 10 nitrogen and oxygen atoms in total. The first-order valence-electron chi connectivity index (χ1n) is 9.69. The van der Waals surface area contributed by atoms with Gasteiger partial charge in [-0.1, -0.05) is 11.6 Å². The number of hydrogen-bond donors (Lipinski definition) is 0. The van der Waals surface area contributed by atoms with Crippen LogP contribution in [0, 0.1) is 0 Å². The Balaban J connectivity index is 1.45. The summed E-state index contributed by atoms with van der Waals surface area (Å²) in [5.74, 6) is 1.10. The number of piperidine rings is 1. The summed E-state index contributed by atoms with van der Waals surface area (Å²) in [4.78, 5) is 35.6. The van der Waals surface area contributed by atoms with E-state index in [0.29, 0.717) is 22.9 Å². The van der Waals surface area contributed by atoms with Crippen LogP contribution in [-0.4, -0.2) is 53.4 Å². The molecule has 0 amide bonds. The van der Waals surface area contributed by atoms with Crippen molar-refractivity contribution in [1.82, 2.24) is 33.7 Å². The lowest BCUT2D eigenvalue weighted by atomic mass is 10.1. The number of hydrogen-bond acceptors (Lipinski definition) is 7. The van der Waals surface area contributed by atoms with E-state index < -0.39 is 5.69 Å². The molecule has 1 saturated heterocycles. The summed E-state index contributed by atoms with van der Waals surface area (Å²) in [5, 5.41) is 4.03. The Morgan fingerprint density at radius 3 is 2.68 bits per heavy atom. The third-order valence-corrected chi connectivity index (χ3v) is 5.35. The first kappa shape index (κ1) is 18.6. The van der Waals surface area contributed by atoms with E-state index in [1.807, 2.05) is 0 Å². The minimum atomic E-state index is -0.404. The van der Waals surface area contributed by atoms with Crippen LogP contribution in [0.25, 0.3) is 11.2 Å². The highest BCUT2D eigenvalue weighted by Crippen LogP contribution is 2.11. The van der Waals surface area contributed by atoms with Gasteiger partial charge in [-0.2, -0.15) is 4.98 Å². The van der Waals surface area contributed by atoms with E-state index in [2.05, 4.69) is 20.0 Å². The molecule has 10 heteroatoms. The van der Waals surface area contributed by atoms with Crippen LogP contribution in [0.15, 0.2) is 20.4 Å². The van der Waals surface area contributed by atoms with Crippen LogP contribution >= 0.6 is 0 Å². The summed E-state index contributed by atoms with van der Waals surface area (Å²) in [6, 6.07) is 0. The maximum atomic E-state index is 12.5. The molecule has 0 aromatic carbocycles. The number of fused-ring (bicyclic) bond motifs is 1. The summed E-state index contributed by atoms with van der Waals surface area (Å²) < 4.78 is 9.44. The highest BCUT2D eigenvalue weighted by Gasteiger charge is 2.16. The van der Waals surface area contributed by atoms with Gasteiger partial charge < -0.3 is 14.0 Å². The van der Waals surface area contributed by atoms with Crippen molar-refractivity contribution in [2.75, 3.05) is 19.6 Å². The Morgan fingerprint density at radius 2 is 1.89 bits per heavy atom. The van der Waals surface area contributed by atoms with E-state index in [1.165, 1.54) is 50.3 Å². The highest BCUT2D eigenvalue weighted by atomic mass is 16.5. The summed E-state index contributed by atoms with van der Waals surface area (Å²) >= 11 is 0. The van der Waals surface area contributed by atoms with Gasteiger partial charge in [-0.25, -0.2) is 9.78 Å². The lowest BCUT2D eigenvalue weighted by molar-refractivity contribution is 0.223. The maximum absolute atomic E-state index is 12.5. The normalized spacial score (nSPS) is 15.5. The second-order valence-corrected chi connectivity index (χ2v) is 7.36. The Hall–Kier alpha value is -2.75. The Labute approximate surface area is 161 Å². The molecule has 3 aromatic heterocycles. The predicted molar refractivity (Wildman–Crippen MR) is 102 cm³/mol. The zero-order valence-corrected chi connectivity index (χ0v) is 16.3. The molecular formula is C18H25N7O3. The fourth-order valence-corrected chi connectivity index (χ4v) is 3.76. The van der Waals surface area contributed by atoms with Crippen LogP contribution in [0.4, 0.5) is 0 Å². The highest BCUT2D eigenvalue weighted by molar-refractivity contribution is 5.70. The lowest BCUT2D eigenvalue weighted by Gasteiger charge is -2.25. The molecule has 150 valence electrons. The molecule has 1 aliphatic heterocycles. The zero-order valence-electron chi connectivity index (χ0n) is 16.3. The van der Waals surface area contributed by atoms with E-state index >= 15 is 0 Å². The number of rotatable bonds is 6. The molecule has 0 radical (unpaired) electrons. The quantitative estimate of drug-likeness (QED) is 0.598. The number of aromatic nitrogens is 6. The van der Waals surface area contributed by atoms with Gasteiger partial charge in [-0.3, -0.25) is 13.9 Å². The van der Waals surface area contributed by atoms with Gasteiger partial charge in [0.15, 0.2) is 17.0 Å². The van der Waals surface area contributed by atoms with Crippen molar-refractivity contribution >= 4 is 11.2 Å². The molecule has 1 fully saturated rings. The first-order valence-corrected chi connectivity index (χ1v) is 9.69. The molecule has 0 bridgehead atoms. The van der Waals surface area contributed by atoms with Gasteiger partial charge in [0.05, 0.1) is 12.9 Å². The molecular weight excluding hydrogens is 362 g/mol. The molecule has 0 aliphatic carbocycles. The van der Waals surface area contributed by atoms with Gasteiger partial charge in [0.1, 0.15) is 0 Å².